The third-order valence-corrected chi connectivity index (χ3v) is 21.9. The minimum atomic E-state index is -1.96. The number of fused-ring (bicyclic) bond motifs is 6. The monoisotopic (exact) mass is 1070 g/mol. The van der Waals surface area contributed by atoms with Crippen LogP contribution in [0.25, 0.3) is 0 Å². The molecular formula is C54H90O21. The predicted molar refractivity (Wildman–Crippen MR) is 261 cm³/mol. The van der Waals surface area contributed by atoms with Crippen LogP contribution < -0.4 is 0 Å². The van der Waals surface area contributed by atoms with E-state index in [0.717, 1.165) is 31.3 Å². The summed E-state index contributed by atoms with van der Waals surface area (Å²) in [7, 11) is 0. The summed E-state index contributed by atoms with van der Waals surface area (Å²) in [5.41, 5.74) is -0.0900. The topological polar surface area (TPSA) is 337 Å². The van der Waals surface area contributed by atoms with E-state index in [1.165, 1.54) is 12.5 Å². The van der Waals surface area contributed by atoms with Crippen LogP contribution in [0.15, 0.2) is 11.1 Å². The highest BCUT2D eigenvalue weighted by Crippen LogP contribution is 2.75. The van der Waals surface area contributed by atoms with Crippen LogP contribution in [0, 0.1) is 57.2 Å². The number of aliphatic hydroxyl groups is 13. The first-order chi connectivity index (χ1) is 35.0. The summed E-state index contributed by atoms with van der Waals surface area (Å²) in [6, 6.07) is 0. The number of aliphatic hydroxyl groups excluding tert-OH is 12. The lowest BCUT2D eigenvalue weighted by Crippen LogP contribution is -2.68. The highest BCUT2D eigenvalue weighted by molar-refractivity contribution is 5.41. The first kappa shape index (κ1) is 58.6. The van der Waals surface area contributed by atoms with Crippen molar-refractivity contribution < 1.29 is 104 Å². The van der Waals surface area contributed by atoms with Gasteiger partial charge in [0, 0.05) is 0 Å². The van der Waals surface area contributed by atoms with Crippen LogP contribution >= 0.6 is 0 Å². The number of hydrogen-bond acceptors (Lipinski definition) is 21. The standard InChI is InChI=1S/C54H90O21/c1-21-22(2)25-11-15-52(8)26(33(25)54(10,67)23(21)3)17-27(57)45-51(7)14-13-32(50(5,6)31(51)12-16-53(45,52)9)72-48-44(75-46-40(65)37(62)34(59)24(4)69-46)42(28(58)20-68-48)73-49-43(39(64)36(61)30(19-56)71-49)74-47-41(66)38(63)35(60)29(18-55)70-47/h21-25,27-32,34-49,55-67H,11-20H2,1-10H3/t21-,22+,23+,24-,25?,27?,28-,29+,30+,31?,32?,34-,35+,36+,37+,38-,39-,40+,41+,42-,43+,44+,45?,46-,47-,48-,49-,51-,52+,53+,54+/m0/s1. The van der Waals surface area contributed by atoms with Crippen LogP contribution in [0.3, 0.4) is 0 Å². The van der Waals surface area contributed by atoms with Crippen molar-refractivity contribution >= 4 is 0 Å². The fraction of sp³-hybridized carbons (Fsp3) is 0.963. The molecule has 13 N–H and O–H groups in total. The third kappa shape index (κ3) is 9.26. The molecule has 75 heavy (non-hydrogen) atoms. The molecule has 9 aliphatic rings. The van der Waals surface area contributed by atoms with E-state index in [2.05, 4.69) is 55.4 Å². The molecule has 0 aromatic carbocycles. The Kier molecular flexibility index (Phi) is 16.4. The molecule has 5 unspecified atom stereocenters. The normalized spacial score (nSPS) is 57.1. The van der Waals surface area contributed by atoms with Gasteiger partial charge in [0.25, 0.3) is 0 Å². The van der Waals surface area contributed by atoms with Gasteiger partial charge in [-0.05, 0) is 122 Å². The summed E-state index contributed by atoms with van der Waals surface area (Å²) in [6.07, 6.45) is -27.7. The highest BCUT2D eigenvalue weighted by atomic mass is 16.8. The van der Waals surface area contributed by atoms with E-state index in [-0.39, 0.29) is 39.9 Å². The number of ether oxygens (including phenoxy) is 8. The molecule has 5 aliphatic carbocycles. The molecule has 0 amide bonds. The van der Waals surface area contributed by atoms with E-state index in [9.17, 15) is 66.4 Å². The number of rotatable bonds is 10. The molecule has 4 saturated carbocycles. The third-order valence-electron chi connectivity index (χ3n) is 21.9. The zero-order valence-electron chi connectivity index (χ0n) is 45.2. The van der Waals surface area contributed by atoms with Crippen LogP contribution in [-0.2, 0) is 37.9 Å². The van der Waals surface area contributed by atoms with Gasteiger partial charge in [0.15, 0.2) is 25.2 Å². The minimum Gasteiger partial charge on any atom is -0.394 e. The van der Waals surface area contributed by atoms with Crippen LogP contribution in [-0.4, -0.2) is 221 Å². The molecular weight excluding hydrogens is 985 g/mol. The molecule has 9 rings (SSSR count). The number of hydrogen-bond donors (Lipinski definition) is 13. The lowest BCUT2D eigenvalue weighted by molar-refractivity contribution is -0.401. The summed E-state index contributed by atoms with van der Waals surface area (Å²) in [4.78, 5) is 0. The molecule has 31 atom stereocenters. The quantitative estimate of drug-likeness (QED) is 0.0952. The second-order valence-electron chi connectivity index (χ2n) is 25.9. The van der Waals surface area contributed by atoms with Crippen LogP contribution in [0.1, 0.15) is 114 Å². The Balaban J connectivity index is 1.01. The van der Waals surface area contributed by atoms with Crippen molar-refractivity contribution in [3.63, 3.8) is 0 Å². The van der Waals surface area contributed by atoms with E-state index in [4.69, 9.17) is 37.9 Å². The molecule has 0 aromatic rings. The maximum atomic E-state index is 12.8. The Bertz CT molecular complexity index is 2040. The predicted octanol–water partition coefficient (Wildman–Crippen LogP) is -0.680. The average molecular weight is 1080 g/mol. The van der Waals surface area contributed by atoms with E-state index >= 15 is 0 Å². The van der Waals surface area contributed by atoms with Crippen molar-refractivity contribution in [2.45, 2.75) is 249 Å². The van der Waals surface area contributed by atoms with Crippen LogP contribution in [0.4, 0.5) is 0 Å². The van der Waals surface area contributed by atoms with Gasteiger partial charge in [0.05, 0.1) is 43.7 Å². The molecule has 4 heterocycles. The van der Waals surface area contributed by atoms with Gasteiger partial charge < -0.3 is 104 Å². The molecule has 0 aromatic heterocycles. The molecule has 21 heteroatoms. The van der Waals surface area contributed by atoms with Gasteiger partial charge >= 0.3 is 0 Å². The molecule has 0 bridgehead atoms. The first-order valence-electron chi connectivity index (χ1n) is 27.7. The van der Waals surface area contributed by atoms with Crippen molar-refractivity contribution in [2.75, 3.05) is 19.8 Å². The van der Waals surface area contributed by atoms with Gasteiger partial charge in [-0.1, -0.05) is 61.0 Å². The summed E-state index contributed by atoms with van der Waals surface area (Å²) >= 11 is 0. The Morgan fingerprint density at radius 3 is 1.76 bits per heavy atom. The van der Waals surface area contributed by atoms with Gasteiger partial charge in [-0.25, -0.2) is 0 Å². The molecule has 8 fully saturated rings. The lowest BCUT2D eigenvalue weighted by atomic mass is 9.33. The Morgan fingerprint density at radius 2 is 1.12 bits per heavy atom. The molecule has 432 valence electrons. The smallest absolute Gasteiger partial charge is 0.187 e. The van der Waals surface area contributed by atoms with Gasteiger partial charge in [-0.15, -0.1) is 0 Å². The Morgan fingerprint density at radius 1 is 0.547 bits per heavy atom. The van der Waals surface area contributed by atoms with E-state index in [0.29, 0.717) is 31.1 Å². The maximum Gasteiger partial charge on any atom is 0.187 e. The summed E-state index contributed by atoms with van der Waals surface area (Å²) in [6.45, 7) is 19.5. The summed E-state index contributed by atoms with van der Waals surface area (Å²) in [5, 5.41) is 144. The lowest BCUT2D eigenvalue weighted by Gasteiger charge is -2.72. The summed E-state index contributed by atoms with van der Waals surface area (Å²) < 4.78 is 49.6. The molecule has 4 aliphatic heterocycles. The second kappa shape index (κ2) is 21.0. The average Bonchev–Trinajstić information content (AvgIpc) is 3.38. The van der Waals surface area contributed by atoms with Crippen LogP contribution in [0.5, 0.6) is 0 Å². The maximum absolute atomic E-state index is 12.8. The fourth-order valence-electron chi connectivity index (χ4n) is 17.0. The van der Waals surface area contributed by atoms with Crippen molar-refractivity contribution in [1.29, 1.82) is 0 Å². The van der Waals surface area contributed by atoms with Gasteiger partial charge in [0.2, 0.25) is 0 Å². The molecule has 0 radical (unpaired) electrons. The molecule has 21 nitrogen and oxygen atoms in total. The first-order valence-corrected chi connectivity index (χ1v) is 27.7. The van der Waals surface area contributed by atoms with Crippen molar-refractivity contribution in [3.05, 3.63) is 11.1 Å². The Hall–Kier alpha value is -1.10. The summed E-state index contributed by atoms with van der Waals surface area (Å²) in [5.74, 6) is 0.997. The molecule has 4 saturated heterocycles. The largest absolute Gasteiger partial charge is 0.394 e. The fourth-order valence-corrected chi connectivity index (χ4v) is 17.0. The van der Waals surface area contributed by atoms with E-state index in [1.807, 2.05) is 6.92 Å². The minimum absolute atomic E-state index is 0.0187. The van der Waals surface area contributed by atoms with Crippen molar-refractivity contribution in [1.82, 2.24) is 0 Å². The van der Waals surface area contributed by atoms with Crippen LogP contribution in [0.2, 0.25) is 0 Å². The van der Waals surface area contributed by atoms with Crippen molar-refractivity contribution in [2.24, 2.45) is 57.2 Å². The van der Waals surface area contributed by atoms with E-state index < -0.39 is 160 Å². The van der Waals surface area contributed by atoms with E-state index in [1.54, 1.807) is 0 Å². The Labute approximate surface area is 440 Å². The van der Waals surface area contributed by atoms with Gasteiger partial charge in [-0.3, -0.25) is 0 Å². The SMILES string of the molecule is C[C@@H]1[C@@H](C)[C@@](C)(O)C2=C3CC(O)C4[C@@]5(C)CCC(O[C@@H]6OC[C@H](O)[C@H](O[C@@H]7O[C@H](CO)[C@@H](O)[C@H](O)[C@H]7O[C@@H]7O[C@H](CO)[C@@H](O)[C@H](O)[C@H]7O)[C@H]6O[C@@H]6O[C@@H](C)[C@H](O)[C@@H](O)[C@H]6O)C(C)(C)C5CC[C@@]4(C)[C@]3(C)CCC2[C@@H]1C. The zero-order valence-corrected chi connectivity index (χ0v) is 45.2. The van der Waals surface area contributed by atoms with Gasteiger partial charge in [-0.2, -0.15) is 0 Å². The van der Waals surface area contributed by atoms with Crippen molar-refractivity contribution in [3.8, 4) is 0 Å². The van der Waals surface area contributed by atoms with Gasteiger partial charge in [0.1, 0.15) is 85.5 Å². The molecule has 0 spiro atoms. The second-order valence-corrected chi connectivity index (χ2v) is 25.9. The highest BCUT2D eigenvalue weighted by Gasteiger charge is 2.71. The zero-order chi connectivity index (χ0) is 55.0.